The lowest BCUT2D eigenvalue weighted by molar-refractivity contribution is -0.161. The normalized spacial score (nSPS) is 15.0. The van der Waals surface area contributed by atoms with Gasteiger partial charge in [0.25, 0.3) is 0 Å². The fourth-order valence-corrected chi connectivity index (χ4v) is 10.9. The maximum atomic E-state index is 12.9. The Kier molecular flexibility index (Phi) is 69.0. The van der Waals surface area contributed by atoms with Crippen LogP contribution in [-0.4, -0.2) is 95.9 Å². The van der Waals surface area contributed by atoms with Crippen LogP contribution in [-0.2, 0) is 55.8 Å². The van der Waals surface area contributed by atoms with Gasteiger partial charge in [-0.3, -0.25) is 32.5 Å². The van der Waals surface area contributed by atoms with Crippen molar-refractivity contribution in [1.82, 2.24) is 0 Å². The molecule has 0 aromatic carbocycles. The highest BCUT2D eigenvalue weighted by Crippen LogP contribution is 2.45. The fraction of sp³-hybridized carbons (Fsp3) is 0.617. The van der Waals surface area contributed by atoms with Gasteiger partial charge >= 0.3 is 33.6 Å². The van der Waals surface area contributed by atoms with Gasteiger partial charge in [0.15, 0.2) is 6.10 Å². The smallest absolute Gasteiger partial charge is 0.463 e. The third-order valence-electron chi connectivity index (χ3n) is 14.9. The second kappa shape index (κ2) is 72.7. The molecule has 5 atom stereocenters. The Morgan fingerprint density at radius 1 is 0.283 bits per heavy atom. The molecule has 18 heteroatoms. The van der Waals surface area contributed by atoms with Crippen LogP contribution in [0.1, 0.15) is 265 Å². The van der Waals surface area contributed by atoms with Crippen molar-refractivity contribution in [3.63, 3.8) is 0 Å². The van der Waals surface area contributed by atoms with Crippen LogP contribution in [0.15, 0.2) is 170 Å². The molecule has 0 amide bonds. The third kappa shape index (κ3) is 73.9. The van der Waals surface area contributed by atoms with Crippen LogP contribution in [0.4, 0.5) is 0 Å². The fourth-order valence-electron chi connectivity index (χ4n) is 9.33. The monoisotopic (exact) mass is 1420 g/mol. The molecule has 0 aromatic heterocycles. The van der Waals surface area contributed by atoms with Crippen LogP contribution >= 0.6 is 15.6 Å². The number of carbonyl (C=O) groups excluding carboxylic acids is 3. The lowest BCUT2D eigenvalue weighted by Crippen LogP contribution is -2.30. The second-order valence-corrected chi connectivity index (χ2v) is 27.2. The Hall–Kier alpha value is -5.09. The summed E-state index contributed by atoms with van der Waals surface area (Å²) in [6.45, 7) is 2.23. The molecule has 0 bridgehead atoms. The van der Waals surface area contributed by atoms with Crippen LogP contribution in [0, 0.1) is 0 Å². The van der Waals surface area contributed by atoms with E-state index < -0.39 is 91.5 Å². The van der Waals surface area contributed by atoms with Crippen LogP contribution in [0.25, 0.3) is 0 Å². The van der Waals surface area contributed by atoms with Gasteiger partial charge in [-0.1, -0.05) is 274 Å². The van der Waals surface area contributed by atoms with E-state index in [1.165, 1.54) is 32.1 Å². The van der Waals surface area contributed by atoms with Crippen molar-refractivity contribution in [2.24, 2.45) is 0 Å². The van der Waals surface area contributed by atoms with E-state index in [-0.39, 0.29) is 19.3 Å². The van der Waals surface area contributed by atoms with Crippen molar-refractivity contribution in [2.45, 2.75) is 283 Å². The third-order valence-corrected chi connectivity index (χ3v) is 16.8. The summed E-state index contributed by atoms with van der Waals surface area (Å²) in [5.74, 6) is -1.67. The molecule has 0 saturated carbocycles. The zero-order chi connectivity index (χ0) is 72.3. The quantitative estimate of drug-likeness (QED) is 0.0146. The van der Waals surface area contributed by atoms with Gasteiger partial charge in [-0.05, 0) is 141 Å². The molecule has 0 radical (unpaired) electrons. The zero-order valence-electron chi connectivity index (χ0n) is 61.1. The molecular formula is C81H132O16P2. The van der Waals surface area contributed by atoms with Crippen molar-refractivity contribution >= 4 is 33.6 Å². The van der Waals surface area contributed by atoms with E-state index in [2.05, 4.69) is 179 Å². The minimum Gasteiger partial charge on any atom is -0.463 e. The zero-order valence-corrected chi connectivity index (χ0v) is 62.9. The van der Waals surface area contributed by atoms with Crippen molar-refractivity contribution in [3.05, 3.63) is 170 Å². The average molecular weight is 1420 g/mol. The molecule has 0 rings (SSSR count). The molecule has 562 valence electrons. The van der Waals surface area contributed by atoms with Gasteiger partial charge in [-0.15, -0.1) is 0 Å². The van der Waals surface area contributed by atoms with Gasteiger partial charge < -0.3 is 34.2 Å². The largest absolute Gasteiger partial charge is 0.472 e. The molecule has 0 aliphatic heterocycles. The van der Waals surface area contributed by atoms with Gasteiger partial charge in [0.05, 0.1) is 26.4 Å². The first-order valence-electron chi connectivity index (χ1n) is 37.4. The van der Waals surface area contributed by atoms with Crippen LogP contribution in [0.5, 0.6) is 0 Å². The van der Waals surface area contributed by atoms with Crippen molar-refractivity contribution in [1.29, 1.82) is 0 Å². The van der Waals surface area contributed by atoms with Crippen LogP contribution in [0.3, 0.4) is 0 Å². The number of rotatable bonds is 69. The lowest BCUT2D eigenvalue weighted by atomic mass is 10.1. The summed E-state index contributed by atoms with van der Waals surface area (Å²) in [4.78, 5) is 58.5. The van der Waals surface area contributed by atoms with Gasteiger partial charge in [-0.25, -0.2) is 9.13 Å². The first-order chi connectivity index (χ1) is 48.2. The number of ether oxygens (including phenoxy) is 3. The number of hydrogen-bond acceptors (Lipinski definition) is 14. The number of allylic oxidation sites excluding steroid dienone is 28. The van der Waals surface area contributed by atoms with Gasteiger partial charge in [0, 0.05) is 19.3 Å². The maximum absolute atomic E-state index is 12.9. The number of phosphoric acid groups is 2. The van der Waals surface area contributed by atoms with Crippen molar-refractivity contribution in [2.75, 3.05) is 39.6 Å². The summed E-state index contributed by atoms with van der Waals surface area (Å²) in [6.07, 6.45) is 91.3. The van der Waals surface area contributed by atoms with E-state index in [9.17, 15) is 43.5 Å². The van der Waals surface area contributed by atoms with Gasteiger partial charge in [0.2, 0.25) is 0 Å². The molecule has 16 nitrogen and oxygen atoms in total. The molecular weight excluding hydrogens is 1290 g/mol. The van der Waals surface area contributed by atoms with Crippen LogP contribution < -0.4 is 0 Å². The molecule has 0 aliphatic rings. The minimum atomic E-state index is -4.95. The summed E-state index contributed by atoms with van der Waals surface area (Å²) in [6, 6.07) is 0. The number of unbranched alkanes of at least 4 members (excludes halogenated alkanes) is 18. The highest BCUT2D eigenvalue weighted by Gasteiger charge is 2.29. The molecule has 4 N–H and O–H groups in total. The highest BCUT2D eigenvalue weighted by molar-refractivity contribution is 7.47. The first kappa shape index (κ1) is 93.9. The summed E-state index contributed by atoms with van der Waals surface area (Å²) < 4.78 is 61.0. The predicted molar refractivity (Wildman–Crippen MR) is 408 cm³/mol. The molecule has 0 heterocycles. The molecule has 0 spiro atoms. The Morgan fingerprint density at radius 2 is 0.515 bits per heavy atom. The minimum absolute atomic E-state index is 0.0754. The summed E-state index contributed by atoms with van der Waals surface area (Å²) in [5.41, 5.74) is 0. The lowest BCUT2D eigenvalue weighted by Gasteiger charge is -2.21. The summed E-state index contributed by atoms with van der Waals surface area (Å²) in [7, 11) is -9.82. The number of hydrogen-bond donors (Lipinski definition) is 4. The second-order valence-electron chi connectivity index (χ2n) is 24.3. The molecule has 0 aromatic rings. The number of aliphatic hydroxyl groups excluding tert-OH is 2. The average Bonchev–Trinajstić information content (AvgIpc) is 2.18. The highest BCUT2D eigenvalue weighted by atomic mass is 31.2. The number of aliphatic hydroxyl groups is 2. The van der Waals surface area contributed by atoms with Crippen molar-refractivity contribution < 1.29 is 75.8 Å². The SMILES string of the molecule is CC/C=C\C/C=C\C/C=C\C/C=C\C/C=C\C/C=C\CCCCCCCCCCCCC(=O)OCC(O)COP(=O)(O)OCC(O)COP(=O)(O)OCC(COC(=O)CCC/C=C\C/C=C\C/C=C\C/C=C\C/C=C\CC)OC(=O)CCCCCCCCC/C=C\C/C=C\C/C=C\CC. The van der Waals surface area contributed by atoms with E-state index in [4.69, 9.17) is 32.3 Å². The molecule has 0 aliphatic carbocycles. The number of phosphoric ester groups is 2. The van der Waals surface area contributed by atoms with E-state index in [1.54, 1.807) is 0 Å². The molecule has 0 fully saturated rings. The molecule has 5 unspecified atom stereocenters. The number of carbonyl (C=O) groups is 3. The number of esters is 3. The van der Waals surface area contributed by atoms with Gasteiger partial charge in [-0.2, -0.15) is 0 Å². The molecule has 0 saturated heterocycles. The van der Waals surface area contributed by atoms with E-state index in [0.717, 1.165) is 167 Å². The summed E-state index contributed by atoms with van der Waals surface area (Å²) in [5, 5.41) is 20.6. The van der Waals surface area contributed by atoms with E-state index in [0.29, 0.717) is 25.7 Å². The maximum Gasteiger partial charge on any atom is 0.472 e. The van der Waals surface area contributed by atoms with E-state index >= 15 is 0 Å². The van der Waals surface area contributed by atoms with Gasteiger partial charge in [0.1, 0.15) is 25.4 Å². The predicted octanol–water partition coefficient (Wildman–Crippen LogP) is 21.6. The Balaban J connectivity index is 4.60. The summed E-state index contributed by atoms with van der Waals surface area (Å²) >= 11 is 0. The standard InChI is InChI=1S/C81H132O16P2/c1-4-7-10-13-16-19-22-25-28-31-32-33-34-35-36-37-38-39-40-41-42-45-47-49-52-55-58-61-64-67-79(84)91-70-76(82)71-93-98(87,88)94-72-77(83)73-95-99(89,90)96-75-78(97-81(86)69-66-63-60-57-54-51-48-44-30-27-24-21-18-15-12-9-6-3)74-92-80(85)68-65-62-59-56-53-50-46-43-29-26-23-20-17-14-11-8-5-2/h7-12,16-21,25-30,32-33,35-36,38-39,46,50,56,59,76-78,82-83H,4-6,13-15,22-24,31,34,37,40-45,47-49,51-55,57-58,60-75H2,1-3H3,(H,87,88)(H,89,90)/b10-7-,11-8-,12-9-,19-16-,20-17-,21-18-,28-25-,29-26-,30-27-,33-32-,36-35-,39-38-,50-46-,59-56-. The Bertz CT molecular complexity index is 2480. The Labute approximate surface area is 599 Å². The molecule has 99 heavy (non-hydrogen) atoms. The topological polar surface area (TPSA) is 231 Å². The van der Waals surface area contributed by atoms with Crippen LogP contribution in [0.2, 0.25) is 0 Å². The van der Waals surface area contributed by atoms with Crippen molar-refractivity contribution in [3.8, 4) is 0 Å². The first-order valence-corrected chi connectivity index (χ1v) is 40.4. The van der Waals surface area contributed by atoms with E-state index in [1.807, 2.05) is 12.2 Å². The Morgan fingerprint density at radius 3 is 0.838 bits per heavy atom.